The first-order chi connectivity index (χ1) is 16.4. The molecule has 0 saturated heterocycles. The van der Waals surface area contributed by atoms with E-state index >= 15 is 0 Å². The van der Waals surface area contributed by atoms with Crippen LogP contribution in [-0.4, -0.2) is 27.9 Å². The van der Waals surface area contributed by atoms with Crippen LogP contribution in [0.4, 0.5) is 0 Å². The van der Waals surface area contributed by atoms with Crippen molar-refractivity contribution in [2.24, 2.45) is 10.4 Å². The summed E-state index contributed by atoms with van der Waals surface area (Å²) in [5.74, 6) is 0.0962. The van der Waals surface area contributed by atoms with E-state index in [0.717, 1.165) is 12.1 Å². The Kier molecular flexibility index (Phi) is 11.0. The molecule has 3 nitrogen and oxygen atoms in total. The Morgan fingerprint density at radius 2 is 1.60 bits per heavy atom. The van der Waals surface area contributed by atoms with Crippen LogP contribution in [0.2, 0.25) is 0 Å². The van der Waals surface area contributed by atoms with Crippen molar-refractivity contribution in [3.8, 4) is 0 Å². The summed E-state index contributed by atoms with van der Waals surface area (Å²) in [7, 11) is 0. The number of benzene rings is 3. The minimum atomic E-state index is 0. The van der Waals surface area contributed by atoms with Gasteiger partial charge in [0.2, 0.25) is 0 Å². The molecule has 0 unspecified atom stereocenters. The van der Waals surface area contributed by atoms with Crippen molar-refractivity contribution >= 4 is 23.3 Å². The number of hydrogen-bond acceptors (Lipinski definition) is 2. The van der Waals surface area contributed by atoms with Gasteiger partial charge in [-0.3, -0.25) is 4.79 Å². The first-order valence-corrected chi connectivity index (χ1v) is 11.7. The minimum Gasteiger partial charge on any atom is -0.507 e. The standard InChI is InChI=1S/C16H20N.C15H12O2.Ir/c1-4-6-13-7-9-14(10-8-13)15-16(2,3)11-5-12-17-15;16-14(12-7-3-1-4-8-12)11-15(17)13-9-5-2-6-10-13;/h4,6-9H,5,11-12H2,1-3H3;1-11,16H;/q-1;;/p+1/b6-4+;14-11-;. The minimum absolute atomic E-state index is 0. The van der Waals surface area contributed by atoms with E-state index in [1.54, 1.807) is 24.3 Å². The number of ketones is 1. The van der Waals surface area contributed by atoms with Crippen molar-refractivity contribution in [1.29, 1.82) is 0 Å². The Morgan fingerprint density at radius 3 is 2.14 bits per heavy atom. The molecule has 1 heterocycles. The van der Waals surface area contributed by atoms with Gasteiger partial charge >= 0.3 is 5.78 Å². The van der Waals surface area contributed by atoms with E-state index in [-0.39, 0.29) is 37.1 Å². The maximum atomic E-state index is 9.83. The summed E-state index contributed by atoms with van der Waals surface area (Å²) in [4.78, 5) is 14.5. The maximum absolute atomic E-state index is 9.83. The normalized spacial score (nSPS) is 14.8. The molecule has 183 valence electrons. The summed E-state index contributed by atoms with van der Waals surface area (Å²) in [6.45, 7) is 7.54. The molecule has 0 spiro atoms. The molecule has 4 rings (SSSR count). The molecule has 1 aliphatic rings. The van der Waals surface area contributed by atoms with E-state index in [0.29, 0.717) is 11.1 Å². The van der Waals surface area contributed by atoms with Crippen LogP contribution in [0.5, 0.6) is 0 Å². The zero-order valence-electron chi connectivity index (χ0n) is 20.5. The SMILES string of the molecule is C/C=C/c1c[c-]c(C2=NCCCC2(C)C)cc1.O/C(=C\C(=[OH+])c1ccccc1)c1ccccc1.[Ir]. The molecule has 4 heteroatoms. The molecule has 0 aliphatic carbocycles. The van der Waals surface area contributed by atoms with Gasteiger partial charge in [0, 0.05) is 32.2 Å². The maximum Gasteiger partial charge on any atom is 0.350 e. The molecule has 3 aromatic carbocycles. The molecule has 0 saturated carbocycles. The van der Waals surface area contributed by atoms with E-state index in [1.807, 2.05) is 55.5 Å². The molecule has 35 heavy (non-hydrogen) atoms. The molecule has 0 amide bonds. The smallest absolute Gasteiger partial charge is 0.350 e. The largest absolute Gasteiger partial charge is 0.507 e. The van der Waals surface area contributed by atoms with Gasteiger partial charge in [-0.25, -0.2) is 0 Å². The molecule has 0 aromatic heterocycles. The summed E-state index contributed by atoms with van der Waals surface area (Å²) < 4.78 is 0. The Hall–Kier alpha value is -3.07. The molecule has 2 N–H and O–H groups in total. The first kappa shape index (κ1) is 28.2. The topological polar surface area (TPSA) is 54.0 Å². The number of hydrogen-bond donors (Lipinski definition) is 1. The third-order valence-electron chi connectivity index (χ3n) is 5.73. The van der Waals surface area contributed by atoms with Crippen molar-refractivity contribution in [3.63, 3.8) is 0 Å². The molecular weight excluding hydrogens is 611 g/mol. The quantitative estimate of drug-likeness (QED) is 0.102. The van der Waals surface area contributed by atoms with Crippen LogP contribution in [-0.2, 0) is 20.1 Å². The van der Waals surface area contributed by atoms with Gasteiger partial charge in [0.1, 0.15) is 5.76 Å². The Morgan fingerprint density at radius 1 is 0.971 bits per heavy atom. The fourth-order valence-electron chi connectivity index (χ4n) is 3.89. The van der Waals surface area contributed by atoms with Crippen molar-refractivity contribution in [2.45, 2.75) is 33.6 Å². The van der Waals surface area contributed by atoms with Crippen molar-refractivity contribution in [2.75, 3.05) is 6.54 Å². The fourth-order valence-corrected chi connectivity index (χ4v) is 3.89. The predicted octanol–water partition coefficient (Wildman–Crippen LogP) is 7.31. The summed E-state index contributed by atoms with van der Waals surface area (Å²) >= 11 is 0. The van der Waals surface area contributed by atoms with Gasteiger partial charge in [0.25, 0.3) is 0 Å². The van der Waals surface area contributed by atoms with E-state index < -0.39 is 0 Å². The fraction of sp³-hybridized carbons (Fsp3) is 0.226. The summed E-state index contributed by atoms with van der Waals surface area (Å²) in [5.41, 5.74) is 5.12. The van der Waals surface area contributed by atoms with E-state index in [2.05, 4.69) is 38.1 Å². The van der Waals surface area contributed by atoms with Gasteiger partial charge in [-0.1, -0.05) is 68.5 Å². The van der Waals surface area contributed by atoms with Gasteiger partial charge < -0.3 is 10.1 Å². The predicted molar refractivity (Wildman–Crippen MR) is 144 cm³/mol. The molecule has 1 radical (unpaired) electrons. The van der Waals surface area contributed by atoms with Gasteiger partial charge in [0.15, 0.2) is 0 Å². The summed E-state index contributed by atoms with van der Waals surface area (Å²) in [6, 6.07) is 27.9. The van der Waals surface area contributed by atoms with Gasteiger partial charge in [-0.05, 0) is 43.0 Å². The zero-order chi connectivity index (χ0) is 24.4. The number of allylic oxidation sites excluding steroid dienone is 2. The van der Waals surface area contributed by atoms with Crippen LogP contribution in [0, 0.1) is 11.5 Å². The molecule has 1 aliphatic heterocycles. The van der Waals surface area contributed by atoms with Crippen molar-refractivity contribution in [1.82, 2.24) is 0 Å². The van der Waals surface area contributed by atoms with Crippen LogP contribution in [0.3, 0.4) is 0 Å². The second-order valence-corrected chi connectivity index (χ2v) is 8.90. The number of rotatable bonds is 5. The summed E-state index contributed by atoms with van der Waals surface area (Å²) in [6.07, 6.45) is 7.91. The third kappa shape index (κ3) is 8.28. The molecule has 0 atom stereocenters. The monoisotopic (exact) mass is 644 g/mol. The number of aliphatic hydroxyl groups excluding tert-OH is 1. The number of nitrogens with zero attached hydrogens (tertiary/aromatic N) is 1. The molecule has 0 bridgehead atoms. The van der Waals surface area contributed by atoms with E-state index in [4.69, 9.17) is 4.99 Å². The van der Waals surface area contributed by atoms with E-state index in [9.17, 15) is 9.90 Å². The Bertz CT molecular complexity index is 1160. The molecule has 0 fully saturated rings. The average Bonchev–Trinajstić information content (AvgIpc) is 2.86. The molecule has 3 aromatic rings. The van der Waals surface area contributed by atoms with Gasteiger partial charge in [-0.15, -0.1) is 41.5 Å². The molecular formula is C31H33IrNO2. The Labute approximate surface area is 222 Å². The van der Waals surface area contributed by atoms with Gasteiger partial charge in [0.05, 0.1) is 11.6 Å². The average molecular weight is 644 g/mol. The number of carbonyl (C=O) groups excluding carboxylic acids is 1. The van der Waals surface area contributed by atoms with Crippen molar-refractivity contribution in [3.05, 3.63) is 119 Å². The number of aliphatic hydroxyl groups is 1. The Balaban J connectivity index is 0.000000240. The second-order valence-electron chi connectivity index (χ2n) is 8.90. The van der Waals surface area contributed by atoms with Crippen LogP contribution in [0.25, 0.3) is 11.8 Å². The van der Waals surface area contributed by atoms with Gasteiger partial charge in [-0.2, -0.15) is 0 Å². The zero-order valence-corrected chi connectivity index (χ0v) is 22.9. The van der Waals surface area contributed by atoms with Crippen LogP contribution in [0.1, 0.15) is 55.9 Å². The number of aliphatic imine (C=N–C) groups is 1. The van der Waals surface area contributed by atoms with Crippen LogP contribution in [0.15, 0.2) is 96.0 Å². The first-order valence-electron chi connectivity index (χ1n) is 11.7. The van der Waals surface area contributed by atoms with E-state index in [1.165, 1.54) is 30.2 Å². The van der Waals surface area contributed by atoms with Crippen LogP contribution < -0.4 is 0 Å². The summed E-state index contributed by atoms with van der Waals surface area (Å²) in [5, 5.41) is 9.83. The van der Waals surface area contributed by atoms with Crippen LogP contribution >= 0.6 is 0 Å². The van der Waals surface area contributed by atoms with Crippen molar-refractivity contribution < 1.29 is 30.0 Å². The third-order valence-corrected chi connectivity index (χ3v) is 5.73. The second kappa shape index (κ2) is 13.7.